The standard InChI is InChI=1S/C9H11ClN2O2S/c1-2-3-12(6-9(13)14)5-8-11-4-7(10)15-8/h2,4H,1,3,5-6H2,(H,13,14). The highest BCUT2D eigenvalue weighted by molar-refractivity contribution is 7.15. The Morgan fingerprint density at radius 3 is 3.00 bits per heavy atom. The van der Waals surface area contributed by atoms with Crippen LogP contribution in [-0.4, -0.2) is 34.0 Å². The summed E-state index contributed by atoms with van der Waals surface area (Å²) >= 11 is 7.08. The first-order valence-corrected chi connectivity index (χ1v) is 5.46. The number of rotatable bonds is 6. The lowest BCUT2D eigenvalue weighted by Gasteiger charge is -2.16. The van der Waals surface area contributed by atoms with Crippen LogP contribution in [0.25, 0.3) is 0 Å². The van der Waals surface area contributed by atoms with Crippen LogP contribution < -0.4 is 0 Å². The molecule has 0 amide bonds. The van der Waals surface area contributed by atoms with Gasteiger partial charge < -0.3 is 5.11 Å². The molecular formula is C9H11ClN2O2S. The molecule has 0 aliphatic heterocycles. The van der Waals surface area contributed by atoms with Crippen molar-refractivity contribution in [1.82, 2.24) is 9.88 Å². The molecule has 0 atom stereocenters. The Morgan fingerprint density at radius 1 is 1.80 bits per heavy atom. The van der Waals surface area contributed by atoms with Gasteiger partial charge in [-0.1, -0.05) is 17.7 Å². The number of hydrogen-bond donors (Lipinski definition) is 1. The fourth-order valence-corrected chi connectivity index (χ4v) is 2.11. The number of aliphatic carboxylic acids is 1. The molecule has 0 unspecified atom stereocenters. The van der Waals surface area contributed by atoms with E-state index in [9.17, 15) is 4.79 Å². The number of halogens is 1. The summed E-state index contributed by atoms with van der Waals surface area (Å²) in [6.07, 6.45) is 3.23. The first kappa shape index (κ1) is 12.2. The van der Waals surface area contributed by atoms with E-state index in [-0.39, 0.29) is 6.54 Å². The van der Waals surface area contributed by atoms with Crippen molar-refractivity contribution in [2.75, 3.05) is 13.1 Å². The van der Waals surface area contributed by atoms with Crippen molar-refractivity contribution in [3.8, 4) is 0 Å². The molecule has 82 valence electrons. The molecule has 1 rings (SSSR count). The van der Waals surface area contributed by atoms with Gasteiger partial charge >= 0.3 is 5.97 Å². The molecule has 0 fully saturated rings. The van der Waals surface area contributed by atoms with Crippen molar-refractivity contribution in [1.29, 1.82) is 0 Å². The van der Waals surface area contributed by atoms with Crippen molar-refractivity contribution >= 4 is 28.9 Å². The summed E-state index contributed by atoms with van der Waals surface area (Å²) in [6.45, 7) is 4.55. The zero-order valence-electron chi connectivity index (χ0n) is 8.02. The molecule has 0 saturated carbocycles. The summed E-state index contributed by atoms with van der Waals surface area (Å²) in [6, 6.07) is 0. The van der Waals surface area contributed by atoms with Crippen LogP contribution in [0, 0.1) is 0 Å². The predicted molar refractivity (Wildman–Crippen MR) is 60.2 cm³/mol. The number of carboxylic acids is 1. The topological polar surface area (TPSA) is 53.4 Å². The smallest absolute Gasteiger partial charge is 0.317 e. The third-order valence-corrected chi connectivity index (χ3v) is 2.73. The first-order chi connectivity index (χ1) is 7.11. The fourth-order valence-electron chi connectivity index (χ4n) is 1.11. The van der Waals surface area contributed by atoms with Gasteiger partial charge in [0.1, 0.15) is 9.34 Å². The van der Waals surface area contributed by atoms with Gasteiger partial charge in [-0.15, -0.1) is 17.9 Å². The highest BCUT2D eigenvalue weighted by Gasteiger charge is 2.10. The van der Waals surface area contributed by atoms with E-state index in [4.69, 9.17) is 16.7 Å². The van der Waals surface area contributed by atoms with E-state index >= 15 is 0 Å². The van der Waals surface area contributed by atoms with Crippen LogP contribution in [0.2, 0.25) is 4.34 Å². The van der Waals surface area contributed by atoms with Gasteiger partial charge in [-0.05, 0) is 0 Å². The Kier molecular flexibility index (Phi) is 4.74. The monoisotopic (exact) mass is 246 g/mol. The summed E-state index contributed by atoms with van der Waals surface area (Å²) in [5.74, 6) is -0.862. The lowest BCUT2D eigenvalue weighted by molar-refractivity contribution is -0.138. The van der Waals surface area contributed by atoms with Crippen LogP contribution in [0.4, 0.5) is 0 Å². The van der Waals surface area contributed by atoms with Gasteiger partial charge in [-0.3, -0.25) is 9.69 Å². The van der Waals surface area contributed by atoms with Gasteiger partial charge in [0.15, 0.2) is 0 Å². The molecule has 1 aromatic heterocycles. The maximum absolute atomic E-state index is 10.6. The van der Waals surface area contributed by atoms with Crippen LogP contribution in [0.15, 0.2) is 18.9 Å². The van der Waals surface area contributed by atoms with E-state index in [1.54, 1.807) is 17.2 Å². The Hall–Kier alpha value is -0.910. The molecule has 1 heterocycles. The van der Waals surface area contributed by atoms with Crippen LogP contribution >= 0.6 is 22.9 Å². The number of carboxylic acid groups (broad SMARTS) is 1. The van der Waals surface area contributed by atoms with E-state index in [0.717, 1.165) is 5.01 Å². The summed E-state index contributed by atoms with van der Waals surface area (Å²) in [4.78, 5) is 16.4. The van der Waals surface area contributed by atoms with Gasteiger partial charge in [-0.25, -0.2) is 4.98 Å². The lowest BCUT2D eigenvalue weighted by Crippen LogP contribution is -2.29. The van der Waals surface area contributed by atoms with E-state index in [1.807, 2.05) is 0 Å². The number of carbonyl (C=O) groups is 1. The molecule has 0 aliphatic carbocycles. The molecule has 0 radical (unpaired) electrons. The Morgan fingerprint density at radius 2 is 2.53 bits per heavy atom. The van der Waals surface area contributed by atoms with E-state index in [0.29, 0.717) is 17.4 Å². The average molecular weight is 247 g/mol. The number of aromatic nitrogens is 1. The Labute approximate surface area is 96.8 Å². The third kappa shape index (κ3) is 4.42. The van der Waals surface area contributed by atoms with Crippen LogP contribution in [0.5, 0.6) is 0 Å². The molecule has 6 heteroatoms. The van der Waals surface area contributed by atoms with Crippen LogP contribution in [0.1, 0.15) is 5.01 Å². The van der Waals surface area contributed by atoms with Gasteiger partial charge in [0.2, 0.25) is 0 Å². The minimum absolute atomic E-state index is 0.0246. The van der Waals surface area contributed by atoms with Crippen molar-refractivity contribution in [2.24, 2.45) is 0 Å². The number of thiazole rings is 1. The highest BCUT2D eigenvalue weighted by Crippen LogP contribution is 2.19. The summed E-state index contributed by atoms with van der Waals surface area (Å²) in [5, 5.41) is 9.48. The molecule has 1 N–H and O–H groups in total. The van der Waals surface area contributed by atoms with Crippen LogP contribution in [0.3, 0.4) is 0 Å². The van der Waals surface area contributed by atoms with Crippen molar-refractivity contribution in [3.63, 3.8) is 0 Å². The van der Waals surface area contributed by atoms with Gasteiger partial charge in [0, 0.05) is 6.54 Å². The second-order valence-electron chi connectivity index (χ2n) is 2.91. The van der Waals surface area contributed by atoms with Crippen LogP contribution in [-0.2, 0) is 11.3 Å². The Balaban J connectivity index is 2.57. The molecule has 0 aliphatic rings. The number of hydrogen-bond acceptors (Lipinski definition) is 4. The molecule has 0 saturated heterocycles. The van der Waals surface area contributed by atoms with Crippen molar-refractivity contribution < 1.29 is 9.90 Å². The second kappa shape index (κ2) is 5.85. The second-order valence-corrected chi connectivity index (χ2v) is 4.66. The minimum Gasteiger partial charge on any atom is -0.480 e. The SMILES string of the molecule is C=CCN(CC(=O)O)Cc1ncc(Cl)s1. The van der Waals surface area contributed by atoms with E-state index in [2.05, 4.69) is 11.6 Å². The summed E-state index contributed by atoms with van der Waals surface area (Å²) in [5.41, 5.74) is 0. The molecule has 0 aromatic carbocycles. The average Bonchev–Trinajstić information content (AvgIpc) is 2.50. The summed E-state index contributed by atoms with van der Waals surface area (Å²) < 4.78 is 0.610. The van der Waals surface area contributed by atoms with Crippen molar-refractivity contribution in [3.05, 3.63) is 28.2 Å². The zero-order valence-corrected chi connectivity index (χ0v) is 9.59. The molecule has 0 bridgehead atoms. The van der Waals surface area contributed by atoms with Gasteiger partial charge in [-0.2, -0.15) is 0 Å². The zero-order chi connectivity index (χ0) is 11.3. The van der Waals surface area contributed by atoms with Gasteiger partial charge in [0.25, 0.3) is 0 Å². The minimum atomic E-state index is -0.862. The molecule has 15 heavy (non-hydrogen) atoms. The highest BCUT2D eigenvalue weighted by atomic mass is 35.5. The van der Waals surface area contributed by atoms with E-state index in [1.165, 1.54) is 11.3 Å². The molecular weight excluding hydrogens is 236 g/mol. The fraction of sp³-hybridized carbons (Fsp3) is 0.333. The molecule has 1 aromatic rings. The predicted octanol–water partition coefficient (Wildman–Crippen LogP) is 1.87. The molecule has 4 nitrogen and oxygen atoms in total. The largest absolute Gasteiger partial charge is 0.480 e. The maximum atomic E-state index is 10.6. The third-order valence-electron chi connectivity index (χ3n) is 1.63. The quantitative estimate of drug-likeness (QED) is 0.779. The Bertz CT molecular complexity index is 354. The number of nitrogens with zero attached hydrogens (tertiary/aromatic N) is 2. The first-order valence-electron chi connectivity index (χ1n) is 4.27. The lowest BCUT2D eigenvalue weighted by atomic mass is 10.4. The molecule has 0 spiro atoms. The van der Waals surface area contributed by atoms with Gasteiger partial charge in [0.05, 0.1) is 19.3 Å². The summed E-state index contributed by atoms with van der Waals surface area (Å²) in [7, 11) is 0. The van der Waals surface area contributed by atoms with Crippen molar-refractivity contribution in [2.45, 2.75) is 6.54 Å². The van der Waals surface area contributed by atoms with E-state index < -0.39 is 5.97 Å². The maximum Gasteiger partial charge on any atom is 0.317 e. The normalized spacial score (nSPS) is 10.5.